The van der Waals surface area contributed by atoms with Crippen LogP contribution in [0.3, 0.4) is 0 Å². The van der Waals surface area contributed by atoms with Crippen LogP contribution in [0.25, 0.3) is 0 Å². The van der Waals surface area contributed by atoms with Crippen molar-refractivity contribution in [3.05, 3.63) is 46.2 Å². The summed E-state index contributed by atoms with van der Waals surface area (Å²) in [7, 11) is 0. The maximum atomic E-state index is 12.7. The Kier molecular flexibility index (Phi) is 22.6. The van der Waals surface area contributed by atoms with Crippen molar-refractivity contribution in [2.24, 2.45) is 22.6 Å². The highest BCUT2D eigenvalue weighted by Crippen LogP contribution is 2.30. The number of nitrogens with zero attached hydrogens (tertiary/aromatic N) is 3. The van der Waals surface area contributed by atoms with Crippen molar-refractivity contribution in [2.45, 2.75) is 121 Å². The molecule has 1 aliphatic carbocycles. The molecule has 3 N–H and O–H groups in total. The summed E-state index contributed by atoms with van der Waals surface area (Å²) in [4.78, 5) is 42.9. The topological polar surface area (TPSA) is 116 Å². The van der Waals surface area contributed by atoms with Gasteiger partial charge >= 0.3 is 0 Å². The fraction of sp³-hybridized carbons (Fsp3) is 0.684. The SMILES string of the molecule is CC(=O)CN=C1CCC(C)/C1=C(/N)C(=O)N1CCN(C(=O)CO)CC1.CCCC.CCCCC(C)CC.Cc1cccc(C)c1C. The zero-order valence-corrected chi connectivity index (χ0v) is 30.9. The van der Waals surface area contributed by atoms with Gasteiger partial charge < -0.3 is 20.6 Å². The molecule has 2 amide bonds. The number of aliphatic hydroxyl groups is 1. The lowest BCUT2D eigenvalue weighted by atomic mass is 10.0. The lowest BCUT2D eigenvalue weighted by Crippen LogP contribution is -2.52. The number of allylic oxidation sites excluding steroid dienone is 1. The number of rotatable bonds is 9. The Morgan fingerprint density at radius 3 is 1.93 bits per heavy atom. The van der Waals surface area contributed by atoms with Crippen molar-refractivity contribution >= 4 is 23.3 Å². The molecule has 8 heteroatoms. The molecule has 8 nitrogen and oxygen atoms in total. The van der Waals surface area contributed by atoms with Gasteiger partial charge in [-0.2, -0.15) is 0 Å². The second kappa shape index (κ2) is 24.2. The van der Waals surface area contributed by atoms with Crippen LogP contribution in [-0.2, 0) is 14.4 Å². The van der Waals surface area contributed by atoms with E-state index < -0.39 is 6.61 Å². The van der Waals surface area contributed by atoms with Crippen molar-refractivity contribution < 1.29 is 19.5 Å². The highest BCUT2D eigenvalue weighted by atomic mass is 16.3. The maximum absolute atomic E-state index is 12.7. The molecule has 2 atom stereocenters. The van der Waals surface area contributed by atoms with Gasteiger partial charge in [0, 0.05) is 37.5 Å². The van der Waals surface area contributed by atoms with Crippen molar-refractivity contribution in [2.75, 3.05) is 39.3 Å². The standard InChI is InChI=1S/C17H26N4O4.C9H12.C8H18.C4H10/c1-11-3-4-13(19-9-12(2)23)15(11)16(18)17(25)21-7-5-20(6-8-21)14(24)10-22;1-7-5-4-6-8(2)9(7)3;1-4-6-7-8(3)5-2;1-3-4-2/h11,22H,3-10,18H2,1-2H3;4-6H,1-3H3;8H,4-7H2,1-3H3;3-4H2,1-2H3/b16-15-,19-13?;;;. The number of carbonyl (C=O) groups is 3. The Morgan fingerprint density at radius 1 is 0.957 bits per heavy atom. The summed E-state index contributed by atoms with van der Waals surface area (Å²) in [5.74, 6) is 0.472. The Hall–Kier alpha value is -3.00. The molecule has 0 aromatic heterocycles. The maximum Gasteiger partial charge on any atom is 0.270 e. The zero-order chi connectivity index (χ0) is 35.2. The minimum absolute atomic E-state index is 0.0269. The number of piperazine rings is 1. The fourth-order valence-electron chi connectivity index (χ4n) is 4.91. The van der Waals surface area contributed by atoms with Gasteiger partial charge in [0.05, 0.1) is 6.54 Å². The lowest BCUT2D eigenvalue weighted by Gasteiger charge is -2.34. The van der Waals surface area contributed by atoms with Gasteiger partial charge in [0.1, 0.15) is 12.3 Å². The van der Waals surface area contributed by atoms with Crippen LogP contribution >= 0.6 is 0 Å². The molecule has 2 aliphatic rings. The van der Waals surface area contributed by atoms with Gasteiger partial charge in [-0.15, -0.1) is 0 Å². The first kappa shape index (κ1) is 43.0. The van der Waals surface area contributed by atoms with Gasteiger partial charge in [0.15, 0.2) is 5.78 Å². The van der Waals surface area contributed by atoms with Gasteiger partial charge in [-0.1, -0.05) is 98.3 Å². The number of nitrogens with two attached hydrogens (primary N) is 1. The molecule has 1 saturated heterocycles. The third-order valence-corrected chi connectivity index (χ3v) is 8.81. The molecule has 46 heavy (non-hydrogen) atoms. The van der Waals surface area contributed by atoms with E-state index in [-0.39, 0.29) is 35.8 Å². The van der Waals surface area contributed by atoms with E-state index in [1.54, 1.807) is 4.90 Å². The zero-order valence-electron chi connectivity index (χ0n) is 30.9. The summed E-state index contributed by atoms with van der Waals surface area (Å²) in [5, 5.41) is 8.91. The minimum Gasteiger partial charge on any atom is -0.394 e. The van der Waals surface area contributed by atoms with Crippen LogP contribution in [0, 0.1) is 32.6 Å². The number of aliphatic imine (C=N–C) groups is 1. The number of aryl methyl sites for hydroxylation is 2. The normalized spacial score (nSPS) is 18.3. The average molecular weight is 643 g/mol. The molecule has 262 valence electrons. The Morgan fingerprint density at radius 2 is 1.50 bits per heavy atom. The van der Waals surface area contributed by atoms with Crippen LogP contribution in [0.4, 0.5) is 0 Å². The number of unbranched alkanes of at least 4 members (excludes halogenated alkanes) is 2. The molecule has 1 aromatic rings. The molecule has 2 fully saturated rings. The van der Waals surface area contributed by atoms with Crippen molar-refractivity contribution in [3.8, 4) is 0 Å². The average Bonchev–Trinajstić information content (AvgIpc) is 3.44. The van der Waals surface area contributed by atoms with Gasteiger partial charge in [0.25, 0.3) is 5.91 Å². The van der Waals surface area contributed by atoms with Crippen molar-refractivity contribution in [1.82, 2.24) is 9.80 Å². The smallest absolute Gasteiger partial charge is 0.270 e. The molecule has 1 aromatic carbocycles. The van der Waals surface area contributed by atoms with E-state index in [2.05, 4.69) is 78.6 Å². The van der Waals surface area contributed by atoms with Crippen LogP contribution < -0.4 is 5.73 Å². The molecule has 1 heterocycles. The lowest BCUT2D eigenvalue weighted by molar-refractivity contribution is -0.139. The summed E-state index contributed by atoms with van der Waals surface area (Å²) in [6, 6.07) is 6.38. The fourth-order valence-corrected chi connectivity index (χ4v) is 4.91. The van der Waals surface area contributed by atoms with Gasteiger partial charge in [-0.05, 0) is 69.1 Å². The predicted octanol–water partition coefficient (Wildman–Crippen LogP) is 6.96. The first-order chi connectivity index (χ1) is 21.8. The van der Waals surface area contributed by atoms with E-state index in [0.29, 0.717) is 26.2 Å². The Labute approximate surface area is 280 Å². The van der Waals surface area contributed by atoms with Gasteiger partial charge in [-0.3, -0.25) is 19.4 Å². The predicted molar refractivity (Wildman–Crippen MR) is 193 cm³/mol. The van der Waals surface area contributed by atoms with Crippen LogP contribution in [0.15, 0.2) is 34.5 Å². The van der Waals surface area contributed by atoms with Crippen molar-refractivity contribution in [3.63, 3.8) is 0 Å². The number of ketones is 1. The number of benzene rings is 1. The molecular formula is C38H66N4O4. The highest BCUT2D eigenvalue weighted by molar-refractivity contribution is 6.09. The number of hydrogen-bond donors (Lipinski definition) is 2. The van der Waals surface area contributed by atoms with E-state index in [4.69, 9.17) is 10.8 Å². The van der Waals surface area contributed by atoms with Crippen molar-refractivity contribution in [1.29, 1.82) is 0 Å². The van der Waals surface area contributed by atoms with E-state index in [9.17, 15) is 14.4 Å². The van der Waals surface area contributed by atoms with E-state index in [1.807, 2.05) is 6.92 Å². The first-order valence-corrected chi connectivity index (χ1v) is 17.5. The summed E-state index contributed by atoms with van der Waals surface area (Å²) < 4.78 is 0. The number of hydrogen-bond acceptors (Lipinski definition) is 6. The number of Topliss-reactive ketones (excluding diaryl/α,β-unsaturated/α-hetero) is 1. The Bertz CT molecular complexity index is 1100. The number of carbonyl (C=O) groups excluding carboxylic acids is 3. The molecule has 0 radical (unpaired) electrons. The monoisotopic (exact) mass is 643 g/mol. The summed E-state index contributed by atoms with van der Waals surface area (Å²) in [5.41, 5.74) is 12.0. The van der Waals surface area contributed by atoms with Gasteiger partial charge in [0.2, 0.25) is 5.91 Å². The summed E-state index contributed by atoms with van der Waals surface area (Å²) in [6.45, 7) is 22.2. The first-order valence-electron chi connectivity index (χ1n) is 17.5. The van der Waals surface area contributed by atoms with Crippen LogP contribution in [-0.4, -0.2) is 77.5 Å². The molecule has 0 spiro atoms. The van der Waals surface area contributed by atoms with E-state index >= 15 is 0 Å². The molecular weight excluding hydrogens is 576 g/mol. The highest BCUT2D eigenvalue weighted by Gasteiger charge is 2.31. The quantitative estimate of drug-likeness (QED) is 0.283. The van der Waals surface area contributed by atoms with E-state index in [1.165, 1.54) is 67.0 Å². The third-order valence-electron chi connectivity index (χ3n) is 8.81. The third kappa shape index (κ3) is 16.0. The largest absolute Gasteiger partial charge is 0.394 e. The molecule has 0 bridgehead atoms. The summed E-state index contributed by atoms with van der Waals surface area (Å²) >= 11 is 0. The van der Waals surface area contributed by atoms with Crippen LogP contribution in [0.5, 0.6) is 0 Å². The molecule has 1 aliphatic heterocycles. The molecule has 3 rings (SSSR count). The summed E-state index contributed by atoms with van der Waals surface area (Å²) in [6.07, 6.45) is 9.75. The van der Waals surface area contributed by atoms with Crippen LogP contribution in [0.1, 0.15) is 117 Å². The second-order valence-corrected chi connectivity index (χ2v) is 12.7. The molecule has 1 saturated carbocycles. The number of amides is 2. The molecule has 2 unspecified atom stereocenters. The Balaban J connectivity index is 0.000000782. The van der Waals surface area contributed by atoms with Crippen LogP contribution in [0.2, 0.25) is 0 Å². The minimum atomic E-state index is -0.520. The number of aliphatic hydroxyl groups excluding tert-OH is 1. The van der Waals surface area contributed by atoms with Gasteiger partial charge in [-0.25, -0.2) is 0 Å². The second-order valence-electron chi connectivity index (χ2n) is 12.7. The van der Waals surface area contributed by atoms with E-state index in [0.717, 1.165) is 30.0 Å².